The van der Waals surface area contributed by atoms with Crippen molar-refractivity contribution in [2.45, 2.75) is 58.0 Å². The smallest absolute Gasteiger partial charge is 0.228 e. The highest BCUT2D eigenvalue weighted by Crippen LogP contribution is 2.54. The standard InChI is InChI=1S/C30H32FN3O2/c1-18(29(35)34-28-7-4-19(17-33-28)8-10-30(2,3)36)20-12-21-14-23(15-22(21)13-20)25-9-11-32-27-6-5-24(31)16-26(25)27/h4-7,9,11,16-18,20-23,36H,12-15H2,1-3H3,(H,33,34,35)/t18?,20?,21-,22?,23?/m0/s1. The van der Waals surface area contributed by atoms with Gasteiger partial charge in [0.25, 0.3) is 0 Å². The monoisotopic (exact) mass is 485 g/mol. The molecule has 2 aliphatic carbocycles. The van der Waals surface area contributed by atoms with Crippen molar-refractivity contribution >= 4 is 22.6 Å². The molecule has 36 heavy (non-hydrogen) atoms. The van der Waals surface area contributed by atoms with Crippen molar-refractivity contribution in [3.8, 4) is 11.8 Å². The lowest BCUT2D eigenvalue weighted by atomic mass is 9.86. The number of pyridine rings is 2. The number of aliphatic hydroxyl groups is 1. The topological polar surface area (TPSA) is 75.1 Å². The van der Waals surface area contributed by atoms with Crippen LogP contribution in [0.2, 0.25) is 0 Å². The number of carbonyl (C=O) groups is 1. The molecule has 3 aromatic rings. The predicted octanol–water partition coefficient (Wildman–Crippen LogP) is 5.69. The molecule has 0 aliphatic heterocycles. The Morgan fingerprint density at radius 2 is 1.86 bits per heavy atom. The van der Waals surface area contributed by atoms with Gasteiger partial charge in [0.05, 0.1) is 5.52 Å². The summed E-state index contributed by atoms with van der Waals surface area (Å²) < 4.78 is 13.9. The van der Waals surface area contributed by atoms with Crippen LogP contribution in [0.1, 0.15) is 63.5 Å². The molecule has 0 bridgehead atoms. The normalized spacial score (nSPS) is 24.1. The minimum Gasteiger partial charge on any atom is -0.378 e. The zero-order valence-electron chi connectivity index (χ0n) is 21.0. The molecule has 2 aliphatic rings. The average molecular weight is 486 g/mol. The molecule has 0 saturated heterocycles. The molecular weight excluding hydrogens is 453 g/mol. The van der Waals surface area contributed by atoms with Gasteiger partial charge in [-0.25, -0.2) is 9.37 Å². The number of amides is 1. The molecule has 186 valence electrons. The van der Waals surface area contributed by atoms with Gasteiger partial charge in [0.15, 0.2) is 0 Å². The van der Waals surface area contributed by atoms with Crippen LogP contribution in [0, 0.1) is 41.3 Å². The summed E-state index contributed by atoms with van der Waals surface area (Å²) in [6.07, 6.45) is 7.70. The van der Waals surface area contributed by atoms with Crippen molar-refractivity contribution in [3.05, 3.63) is 65.7 Å². The number of halogens is 1. The second-order valence-electron chi connectivity index (χ2n) is 11.0. The SMILES string of the molecule is CC(C(=O)Nc1ccc(C#CC(C)(C)O)cn1)C1CC2CC(c3ccnc4ccc(F)cc34)C[C@@H]2C1. The lowest BCUT2D eigenvalue weighted by Crippen LogP contribution is -2.26. The number of hydrogen-bond donors (Lipinski definition) is 2. The molecule has 0 spiro atoms. The fourth-order valence-electron chi connectivity index (χ4n) is 6.04. The van der Waals surface area contributed by atoms with Crippen molar-refractivity contribution in [2.75, 3.05) is 5.32 Å². The Labute approximate surface area is 211 Å². The minimum atomic E-state index is -1.06. The lowest BCUT2D eigenvalue weighted by Gasteiger charge is -2.21. The molecule has 2 aromatic heterocycles. The maximum atomic E-state index is 13.9. The minimum absolute atomic E-state index is 0.00467. The number of nitrogens with one attached hydrogen (secondary N) is 1. The van der Waals surface area contributed by atoms with E-state index < -0.39 is 5.60 Å². The first-order valence-corrected chi connectivity index (χ1v) is 12.7. The second kappa shape index (κ2) is 9.63. The summed E-state index contributed by atoms with van der Waals surface area (Å²) in [5.41, 5.74) is 1.68. The van der Waals surface area contributed by atoms with Gasteiger partial charge in [-0.3, -0.25) is 9.78 Å². The first kappa shape index (κ1) is 24.4. The van der Waals surface area contributed by atoms with E-state index >= 15 is 0 Å². The molecule has 2 N–H and O–H groups in total. The number of nitrogens with zero attached hydrogens (tertiary/aromatic N) is 2. The van der Waals surface area contributed by atoms with Crippen molar-refractivity contribution < 1.29 is 14.3 Å². The maximum Gasteiger partial charge on any atom is 0.228 e. The zero-order valence-corrected chi connectivity index (χ0v) is 21.0. The Morgan fingerprint density at radius 1 is 1.11 bits per heavy atom. The van der Waals surface area contributed by atoms with E-state index in [4.69, 9.17) is 0 Å². The molecule has 2 heterocycles. The summed E-state index contributed by atoms with van der Waals surface area (Å²) in [6.45, 7) is 5.27. The lowest BCUT2D eigenvalue weighted by molar-refractivity contribution is -0.120. The fourth-order valence-corrected chi connectivity index (χ4v) is 6.04. The van der Waals surface area contributed by atoms with E-state index in [-0.39, 0.29) is 17.6 Å². The second-order valence-corrected chi connectivity index (χ2v) is 11.0. The Hall–Kier alpha value is -3.30. The third kappa shape index (κ3) is 5.27. The fraction of sp³-hybridized carbons (Fsp3) is 0.433. The molecule has 5 rings (SSSR count). The number of carbonyl (C=O) groups excluding carboxylic acids is 1. The molecule has 1 aromatic carbocycles. The number of benzene rings is 1. The van der Waals surface area contributed by atoms with Crippen LogP contribution in [-0.2, 0) is 4.79 Å². The largest absolute Gasteiger partial charge is 0.378 e. The molecule has 1 amide bonds. The third-order valence-corrected chi connectivity index (χ3v) is 7.88. The molecule has 5 nitrogen and oxygen atoms in total. The van der Waals surface area contributed by atoms with Gasteiger partial charge in [-0.05, 0) is 105 Å². The van der Waals surface area contributed by atoms with Gasteiger partial charge < -0.3 is 10.4 Å². The number of rotatable bonds is 4. The highest BCUT2D eigenvalue weighted by molar-refractivity contribution is 5.91. The Kier molecular flexibility index (Phi) is 6.53. The summed E-state index contributed by atoms with van der Waals surface area (Å²) in [5.74, 6) is 7.79. The van der Waals surface area contributed by atoms with Gasteiger partial charge in [-0.2, -0.15) is 0 Å². The van der Waals surface area contributed by atoms with Gasteiger partial charge in [0, 0.05) is 29.3 Å². The highest BCUT2D eigenvalue weighted by atomic mass is 19.1. The highest BCUT2D eigenvalue weighted by Gasteiger charge is 2.44. The van der Waals surface area contributed by atoms with Crippen LogP contribution in [-0.4, -0.2) is 26.6 Å². The number of fused-ring (bicyclic) bond motifs is 2. The van der Waals surface area contributed by atoms with E-state index in [0.29, 0.717) is 35.1 Å². The Balaban J connectivity index is 1.19. The van der Waals surface area contributed by atoms with Gasteiger partial charge in [0.2, 0.25) is 5.91 Å². The molecule has 5 atom stereocenters. The van der Waals surface area contributed by atoms with Gasteiger partial charge in [0.1, 0.15) is 17.2 Å². The van der Waals surface area contributed by atoms with Crippen LogP contribution >= 0.6 is 0 Å². The Morgan fingerprint density at radius 3 is 2.53 bits per heavy atom. The summed E-state index contributed by atoms with van der Waals surface area (Å²) >= 11 is 0. The summed E-state index contributed by atoms with van der Waals surface area (Å²) in [6, 6.07) is 10.4. The van der Waals surface area contributed by atoms with Crippen LogP contribution in [0.4, 0.5) is 10.2 Å². The van der Waals surface area contributed by atoms with Crippen LogP contribution < -0.4 is 5.32 Å². The molecule has 0 radical (unpaired) electrons. The van der Waals surface area contributed by atoms with Crippen LogP contribution in [0.25, 0.3) is 10.9 Å². The van der Waals surface area contributed by atoms with Crippen molar-refractivity contribution in [2.24, 2.45) is 23.7 Å². The van der Waals surface area contributed by atoms with E-state index in [9.17, 15) is 14.3 Å². The van der Waals surface area contributed by atoms with Crippen molar-refractivity contribution in [1.29, 1.82) is 0 Å². The first-order valence-electron chi connectivity index (χ1n) is 12.7. The van der Waals surface area contributed by atoms with Crippen LogP contribution in [0.3, 0.4) is 0 Å². The van der Waals surface area contributed by atoms with Gasteiger partial charge in [-0.15, -0.1) is 0 Å². The average Bonchev–Trinajstić information content (AvgIpc) is 3.42. The maximum absolute atomic E-state index is 13.9. The third-order valence-electron chi connectivity index (χ3n) is 7.88. The number of aromatic nitrogens is 2. The summed E-state index contributed by atoms with van der Waals surface area (Å²) in [4.78, 5) is 21.7. The first-order chi connectivity index (χ1) is 17.2. The van der Waals surface area contributed by atoms with E-state index in [1.54, 1.807) is 44.3 Å². The van der Waals surface area contributed by atoms with E-state index in [2.05, 4.69) is 33.2 Å². The van der Waals surface area contributed by atoms with Crippen LogP contribution in [0.5, 0.6) is 0 Å². The van der Waals surface area contributed by atoms with E-state index in [1.807, 2.05) is 13.1 Å². The molecule has 2 fully saturated rings. The number of hydrogen-bond acceptors (Lipinski definition) is 4. The summed E-state index contributed by atoms with van der Waals surface area (Å²) in [7, 11) is 0. The van der Waals surface area contributed by atoms with Crippen molar-refractivity contribution in [3.63, 3.8) is 0 Å². The van der Waals surface area contributed by atoms with E-state index in [1.165, 1.54) is 11.6 Å². The number of anilines is 1. The summed E-state index contributed by atoms with van der Waals surface area (Å²) in [5, 5.41) is 13.6. The zero-order chi connectivity index (χ0) is 25.4. The van der Waals surface area contributed by atoms with E-state index in [0.717, 1.165) is 36.6 Å². The van der Waals surface area contributed by atoms with Gasteiger partial charge >= 0.3 is 0 Å². The molecule has 4 unspecified atom stereocenters. The quantitative estimate of drug-likeness (QED) is 0.466. The van der Waals surface area contributed by atoms with Crippen molar-refractivity contribution in [1.82, 2.24) is 9.97 Å². The predicted molar refractivity (Wildman–Crippen MR) is 139 cm³/mol. The molecular formula is C30H32FN3O2. The van der Waals surface area contributed by atoms with Crippen LogP contribution in [0.15, 0.2) is 48.8 Å². The van der Waals surface area contributed by atoms with Gasteiger partial charge in [-0.1, -0.05) is 18.8 Å². The molecule has 6 heteroatoms. The Bertz CT molecular complexity index is 1320. The molecule has 2 saturated carbocycles.